The maximum Gasteiger partial charge on any atom is 0.356 e. The van der Waals surface area contributed by atoms with Gasteiger partial charge < -0.3 is 14.9 Å². The number of ether oxygens (including phenoxy) is 1. The average Bonchev–Trinajstić information content (AvgIpc) is 2.97. The molecular weight excluding hydrogens is 303 g/mol. The smallest absolute Gasteiger partial charge is 0.356 e. The second kappa shape index (κ2) is 6.78. The fourth-order valence-electron chi connectivity index (χ4n) is 2.03. The van der Waals surface area contributed by atoms with E-state index in [-0.39, 0.29) is 23.9 Å². The van der Waals surface area contributed by atoms with Crippen molar-refractivity contribution in [2.75, 3.05) is 6.61 Å². The van der Waals surface area contributed by atoms with E-state index in [1.807, 2.05) is 13.8 Å². The number of halogens is 1. The summed E-state index contributed by atoms with van der Waals surface area (Å²) < 4.78 is 20.6. The standard InChI is InChI=1S/C16H19FN2O4/c1-3-16(22,4-2)10-23-14-9-12(15(20)21)18-19(14)13-8-6-5-7-11(13)17/h5-9,22H,3-4,10H2,1-2H3,(H,20,21). The monoisotopic (exact) mass is 322 g/mol. The third-order valence-electron chi connectivity index (χ3n) is 3.78. The van der Waals surface area contributed by atoms with Crippen LogP contribution < -0.4 is 4.74 Å². The zero-order valence-corrected chi connectivity index (χ0v) is 13.0. The summed E-state index contributed by atoms with van der Waals surface area (Å²) in [6, 6.07) is 7.05. The molecule has 0 fully saturated rings. The molecule has 2 aromatic rings. The molecule has 0 radical (unpaired) electrons. The number of hydrogen-bond acceptors (Lipinski definition) is 4. The Balaban J connectivity index is 2.39. The number of carboxylic acids is 1. The van der Waals surface area contributed by atoms with Crippen molar-refractivity contribution in [2.45, 2.75) is 32.3 Å². The Morgan fingerprint density at radius 2 is 2.00 bits per heavy atom. The number of aromatic nitrogens is 2. The van der Waals surface area contributed by atoms with Gasteiger partial charge in [0.2, 0.25) is 5.88 Å². The Hall–Kier alpha value is -2.41. The van der Waals surface area contributed by atoms with Gasteiger partial charge >= 0.3 is 5.97 Å². The number of rotatable bonds is 7. The molecule has 0 saturated carbocycles. The highest BCUT2D eigenvalue weighted by Crippen LogP contribution is 2.24. The molecule has 1 aromatic carbocycles. The molecule has 2 N–H and O–H groups in total. The van der Waals surface area contributed by atoms with E-state index >= 15 is 0 Å². The molecule has 0 bridgehead atoms. The SMILES string of the molecule is CCC(O)(CC)COc1cc(C(=O)O)nn1-c1ccccc1F. The van der Waals surface area contributed by atoms with Gasteiger partial charge in [0.15, 0.2) is 5.69 Å². The third kappa shape index (κ3) is 3.68. The molecule has 23 heavy (non-hydrogen) atoms. The van der Waals surface area contributed by atoms with Gasteiger partial charge in [-0.1, -0.05) is 26.0 Å². The number of carboxylic acid groups (broad SMARTS) is 1. The lowest BCUT2D eigenvalue weighted by Gasteiger charge is -2.25. The lowest BCUT2D eigenvalue weighted by atomic mass is 9.99. The summed E-state index contributed by atoms with van der Waals surface area (Å²) in [5.74, 6) is -1.74. The largest absolute Gasteiger partial charge is 0.476 e. The first-order chi connectivity index (χ1) is 10.9. The highest BCUT2D eigenvalue weighted by atomic mass is 19.1. The lowest BCUT2D eigenvalue weighted by Crippen LogP contribution is -2.34. The van der Waals surface area contributed by atoms with Crippen LogP contribution in [0.25, 0.3) is 5.69 Å². The molecule has 1 heterocycles. The lowest BCUT2D eigenvalue weighted by molar-refractivity contribution is -0.0133. The quantitative estimate of drug-likeness (QED) is 0.818. The van der Waals surface area contributed by atoms with Crippen molar-refractivity contribution in [2.24, 2.45) is 0 Å². The average molecular weight is 322 g/mol. The zero-order chi connectivity index (χ0) is 17.0. The molecule has 0 amide bonds. The molecule has 0 aliphatic rings. The van der Waals surface area contributed by atoms with Gasteiger partial charge in [0, 0.05) is 6.07 Å². The van der Waals surface area contributed by atoms with E-state index < -0.39 is 17.4 Å². The van der Waals surface area contributed by atoms with E-state index in [1.54, 1.807) is 6.07 Å². The molecular formula is C16H19FN2O4. The summed E-state index contributed by atoms with van der Waals surface area (Å²) in [7, 11) is 0. The second-order valence-electron chi connectivity index (χ2n) is 5.26. The number of aliphatic hydroxyl groups is 1. The molecule has 6 nitrogen and oxygen atoms in total. The maximum atomic E-state index is 14.0. The van der Waals surface area contributed by atoms with Crippen molar-refractivity contribution in [3.63, 3.8) is 0 Å². The molecule has 1 aromatic heterocycles. The van der Waals surface area contributed by atoms with Crippen LogP contribution in [0.2, 0.25) is 0 Å². The summed E-state index contributed by atoms with van der Waals surface area (Å²) in [6.45, 7) is 3.60. The Kier molecular flexibility index (Phi) is 5.00. The topological polar surface area (TPSA) is 84.6 Å². The summed E-state index contributed by atoms with van der Waals surface area (Å²) in [5, 5.41) is 23.2. The first kappa shape index (κ1) is 17.0. The number of carbonyl (C=O) groups is 1. The number of nitrogens with zero attached hydrogens (tertiary/aromatic N) is 2. The van der Waals surface area contributed by atoms with Crippen LogP contribution >= 0.6 is 0 Å². The Labute approximate surface area is 133 Å². The molecule has 0 atom stereocenters. The van der Waals surface area contributed by atoms with Crippen LogP contribution in [0.15, 0.2) is 30.3 Å². The van der Waals surface area contributed by atoms with Crippen LogP contribution in [0.1, 0.15) is 37.2 Å². The van der Waals surface area contributed by atoms with Crippen molar-refractivity contribution in [3.05, 3.63) is 41.8 Å². The van der Waals surface area contributed by atoms with Crippen LogP contribution in [-0.4, -0.2) is 38.2 Å². The minimum Gasteiger partial charge on any atom is -0.476 e. The van der Waals surface area contributed by atoms with Gasteiger partial charge in [-0.3, -0.25) is 0 Å². The maximum absolute atomic E-state index is 14.0. The second-order valence-corrected chi connectivity index (χ2v) is 5.26. The Bertz CT molecular complexity index is 695. The van der Waals surface area contributed by atoms with E-state index in [0.717, 1.165) is 4.68 Å². The van der Waals surface area contributed by atoms with Crippen molar-refractivity contribution >= 4 is 5.97 Å². The van der Waals surface area contributed by atoms with Crippen molar-refractivity contribution in [1.82, 2.24) is 9.78 Å². The van der Waals surface area contributed by atoms with Gasteiger partial charge in [-0.2, -0.15) is 9.78 Å². The molecule has 2 rings (SSSR count). The predicted octanol–water partition coefficient (Wildman–Crippen LogP) is 2.64. The molecule has 0 unspecified atom stereocenters. The number of benzene rings is 1. The number of hydrogen-bond donors (Lipinski definition) is 2. The van der Waals surface area contributed by atoms with Crippen LogP contribution in [-0.2, 0) is 0 Å². The predicted molar refractivity (Wildman–Crippen MR) is 81.5 cm³/mol. The van der Waals surface area contributed by atoms with Crippen LogP contribution in [0.3, 0.4) is 0 Å². The van der Waals surface area contributed by atoms with Crippen molar-refractivity contribution in [3.8, 4) is 11.6 Å². The summed E-state index contributed by atoms with van der Waals surface area (Å²) >= 11 is 0. The van der Waals surface area contributed by atoms with E-state index in [4.69, 9.17) is 9.84 Å². The first-order valence-corrected chi connectivity index (χ1v) is 7.33. The third-order valence-corrected chi connectivity index (χ3v) is 3.78. The van der Waals surface area contributed by atoms with Crippen molar-refractivity contribution in [1.29, 1.82) is 0 Å². The highest BCUT2D eigenvalue weighted by molar-refractivity contribution is 5.85. The molecule has 0 saturated heterocycles. The highest BCUT2D eigenvalue weighted by Gasteiger charge is 2.25. The normalized spacial score (nSPS) is 11.5. The molecule has 0 aliphatic heterocycles. The fourth-order valence-corrected chi connectivity index (χ4v) is 2.03. The van der Waals surface area contributed by atoms with Gasteiger partial charge in [0.1, 0.15) is 18.1 Å². The van der Waals surface area contributed by atoms with E-state index in [0.29, 0.717) is 12.8 Å². The summed E-state index contributed by atoms with van der Waals surface area (Å²) in [5.41, 5.74) is -1.22. The molecule has 0 aliphatic carbocycles. The first-order valence-electron chi connectivity index (χ1n) is 7.33. The molecule has 0 spiro atoms. The van der Waals surface area contributed by atoms with Crippen molar-refractivity contribution < 1.29 is 24.1 Å². The zero-order valence-electron chi connectivity index (χ0n) is 13.0. The van der Waals surface area contributed by atoms with E-state index in [1.165, 1.54) is 24.3 Å². The van der Waals surface area contributed by atoms with Crippen LogP contribution in [0.4, 0.5) is 4.39 Å². The fraction of sp³-hybridized carbons (Fsp3) is 0.375. The van der Waals surface area contributed by atoms with Gasteiger partial charge in [0.25, 0.3) is 0 Å². The minimum absolute atomic E-state index is 0.0425. The number of aromatic carboxylic acids is 1. The van der Waals surface area contributed by atoms with Crippen LogP contribution in [0.5, 0.6) is 5.88 Å². The van der Waals surface area contributed by atoms with Gasteiger partial charge in [0.05, 0.1) is 5.60 Å². The molecule has 124 valence electrons. The Morgan fingerprint density at radius 1 is 1.35 bits per heavy atom. The van der Waals surface area contributed by atoms with Gasteiger partial charge in [-0.05, 0) is 25.0 Å². The minimum atomic E-state index is -1.24. The van der Waals surface area contributed by atoms with Gasteiger partial charge in [-0.25, -0.2) is 9.18 Å². The number of para-hydroxylation sites is 1. The van der Waals surface area contributed by atoms with E-state index in [9.17, 15) is 14.3 Å². The molecule has 7 heteroatoms. The van der Waals surface area contributed by atoms with Crippen LogP contribution in [0, 0.1) is 5.82 Å². The summed E-state index contributed by atoms with van der Waals surface area (Å²) in [4.78, 5) is 11.1. The Morgan fingerprint density at radius 3 is 2.57 bits per heavy atom. The summed E-state index contributed by atoms with van der Waals surface area (Å²) in [6.07, 6.45) is 0.951. The van der Waals surface area contributed by atoms with E-state index in [2.05, 4.69) is 5.10 Å². The van der Waals surface area contributed by atoms with Gasteiger partial charge in [-0.15, -0.1) is 0 Å².